The van der Waals surface area contributed by atoms with E-state index in [2.05, 4.69) is 32.9 Å². The van der Waals surface area contributed by atoms with Gasteiger partial charge in [-0.15, -0.1) is 0 Å². The number of benzene rings is 2. The molecule has 4 nitrogen and oxygen atoms in total. The second-order valence-corrected chi connectivity index (χ2v) is 9.40. The van der Waals surface area contributed by atoms with E-state index in [1.54, 1.807) is 4.90 Å². The van der Waals surface area contributed by atoms with Crippen molar-refractivity contribution in [3.05, 3.63) is 80.2 Å². The van der Waals surface area contributed by atoms with Crippen LogP contribution in [0.2, 0.25) is 0 Å². The molecule has 156 valence electrons. The highest BCUT2D eigenvalue weighted by atomic mass is 16.3. The predicted octanol–water partition coefficient (Wildman–Crippen LogP) is 5.66. The van der Waals surface area contributed by atoms with E-state index in [9.17, 15) is 9.59 Å². The molecule has 0 bridgehead atoms. The molecule has 0 saturated heterocycles. The number of fused-ring (bicyclic) bond motifs is 2. The second kappa shape index (κ2) is 7.12. The van der Waals surface area contributed by atoms with E-state index in [0.717, 1.165) is 23.1 Å². The van der Waals surface area contributed by atoms with E-state index in [1.807, 2.05) is 45.0 Å². The zero-order valence-corrected chi connectivity index (χ0v) is 18.6. The third-order valence-electron chi connectivity index (χ3n) is 5.97. The minimum atomic E-state index is -0.414. The number of rotatable bonds is 3. The van der Waals surface area contributed by atoms with Gasteiger partial charge in [0, 0.05) is 6.54 Å². The molecule has 4 rings (SSSR count). The Morgan fingerprint density at radius 3 is 2.30 bits per heavy atom. The number of nitrogens with zero attached hydrogens (tertiary/aromatic N) is 1. The van der Waals surface area contributed by atoms with Crippen LogP contribution in [0, 0.1) is 13.8 Å². The molecular weight excluding hydrogens is 374 g/mol. The van der Waals surface area contributed by atoms with Crippen molar-refractivity contribution in [1.29, 1.82) is 0 Å². The van der Waals surface area contributed by atoms with Crippen LogP contribution in [0.5, 0.6) is 0 Å². The van der Waals surface area contributed by atoms with Gasteiger partial charge in [-0.2, -0.15) is 0 Å². The SMILES string of the molecule is CCCN1C(=O)c2oc3cc(C)cc(C)c3c(=O)c2C1c1ccc(C(C)(C)C)cc1. The van der Waals surface area contributed by atoms with E-state index in [4.69, 9.17) is 4.42 Å². The van der Waals surface area contributed by atoms with Crippen LogP contribution < -0.4 is 5.43 Å². The minimum Gasteiger partial charge on any atom is -0.450 e. The highest BCUT2D eigenvalue weighted by Gasteiger charge is 2.42. The van der Waals surface area contributed by atoms with Gasteiger partial charge in [-0.25, -0.2) is 0 Å². The molecule has 1 aliphatic rings. The van der Waals surface area contributed by atoms with Gasteiger partial charge in [-0.1, -0.05) is 58.0 Å². The van der Waals surface area contributed by atoms with Crippen molar-refractivity contribution in [2.45, 2.75) is 59.4 Å². The van der Waals surface area contributed by atoms with Crippen LogP contribution in [0.15, 0.2) is 45.6 Å². The maximum Gasteiger partial charge on any atom is 0.290 e. The normalized spacial score (nSPS) is 16.4. The van der Waals surface area contributed by atoms with Gasteiger partial charge in [-0.3, -0.25) is 9.59 Å². The summed E-state index contributed by atoms with van der Waals surface area (Å²) in [6.07, 6.45) is 0.808. The molecule has 0 N–H and O–H groups in total. The summed E-state index contributed by atoms with van der Waals surface area (Å²) < 4.78 is 6.07. The van der Waals surface area contributed by atoms with Crippen LogP contribution in [0.4, 0.5) is 0 Å². The summed E-state index contributed by atoms with van der Waals surface area (Å²) in [5, 5.41) is 0.571. The zero-order valence-electron chi connectivity index (χ0n) is 18.6. The van der Waals surface area contributed by atoms with Crippen LogP contribution in [0.1, 0.15) is 78.5 Å². The fourth-order valence-corrected chi connectivity index (χ4v) is 4.50. The van der Waals surface area contributed by atoms with Crippen molar-refractivity contribution in [3.8, 4) is 0 Å². The summed E-state index contributed by atoms with van der Waals surface area (Å²) in [5.41, 5.74) is 4.95. The molecule has 3 aromatic rings. The molecule has 0 radical (unpaired) electrons. The Balaban J connectivity index is 1.96. The highest BCUT2D eigenvalue weighted by Crippen LogP contribution is 2.39. The molecule has 1 aromatic heterocycles. The van der Waals surface area contributed by atoms with Gasteiger partial charge in [0.15, 0.2) is 5.43 Å². The lowest BCUT2D eigenvalue weighted by Gasteiger charge is -2.26. The van der Waals surface area contributed by atoms with Crippen molar-refractivity contribution < 1.29 is 9.21 Å². The summed E-state index contributed by atoms with van der Waals surface area (Å²) in [7, 11) is 0. The Hall–Kier alpha value is -2.88. The highest BCUT2D eigenvalue weighted by molar-refractivity contribution is 5.99. The number of hydrogen-bond donors (Lipinski definition) is 0. The Morgan fingerprint density at radius 2 is 1.70 bits per heavy atom. The standard InChI is InChI=1S/C26H29NO3/c1-7-12-27-22(17-8-10-18(11-9-17)26(4,5)6)21-23(28)20-16(3)13-15(2)14-19(20)30-24(21)25(27)29/h8-11,13-14,22H,7,12H2,1-6H3. The molecule has 1 atom stereocenters. The third kappa shape index (κ3) is 3.15. The van der Waals surface area contributed by atoms with E-state index in [1.165, 1.54) is 5.56 Å². The topological polar surface area (TPSA) is 50.5 Å². The van der Waals surface area contributed by atoms with Gasteiger partial charge >= 0.3 is 0 Å². The van der Waals surface area contributed by atoms with Crippen LogP contribution in [0.25, 0.3) is 11.0 Å². The van der Waals surface area contributed by atoms with Gasteiger partial charge < -0.3 is 9.32 Å². The second-order valence-electron chi connectivity index (χ2n) is 9.40. The molecule has 1 amide bonds. The Labute approximate surface area is 177 Å². The molecule has 0 spiro atoms. The molecule has 2 heterocycles. The lowest BCUT2D eigenvalue weighted by molar-refractivity contribution is 0.0728. The largest absolute Gasteiger partial charge is 0.450 e. The monoisotopic (exact) mass is 403 g/mol. The van der Waals surface area contributed by atoms with Gasteiger partial charge in [0.05, 0.1) is 17.0 Å². The molecule has 0 fully saturated rings. The molecule has 0 saturated carbocycles. The Bertz CT molecular complexity index is 1200. The van der Waals surface area contributed by atoms with Gasteiger partial charge in [-0.05, 0) is 54.0 Å². The molecule has 1 aliphatic heterocycles. The average molecular weight is 404 g/mol. The number of amides is 1. The van der Waals surface area contributed by atoms with E-state index < -0.39 is 6.04 Å². The van der Waals surface area contributed by atoms with E-state index >= 15 is 0 Å². The summed E-state index contributed by atoms with van der Waals surface area (Å²) in [6.45, 7) is 13.0. The van der Waals surface area contributed by atoms with Crippen molar-refractivity contribution in [2.24, 2.45) is 0 Å². The van der Waals surface area contributed by atoms with Crippen LogP contribution in [-0.4, -0.2) is 17.4 Å². The smallest absolute Gasteiger partial charge is 0.290 e. The maximum absolute atomic E-state index is 13.6. The Morgan fingerprint density at radius 1 is 1.03 bits per heavy atom. The number of carbonyl (C=O) groups excluding carboxylic acids is 1. The molecule has 1 unspecified atom stereocenters. The first-order valence-electron chi connectivity index (χ1n) is 10.6. The first-order valence-corrected chi connectivity index (χ1v) is 10.6. The number of carbonyl (C=O) groups is 1. The van der Waals surface area contributed by atoms with Crippen LogP contribution in [-0.2, 0) is 5.41 Å². The lowest BCUT2D eigenvalue weighted by atomic mass is 9.85. The number of aryl methyl sites for hydroxylation is 2. The molecule has 30 heavy (non-hydrogen) atoms. The molecule has 2 aromatic carbocycles. The zero-order chi connectivity index (χ0) is 21.8. The van der Waals surface area contributed by atoms with Crippen molar-refractivity contribution in [2.75, 3.05) is 6.54 Å². The average Bonchev–Trinajstić information content (AvgIpc) is 2.94. The molecular formula is C26H29NO3. The quantitative estimate of drug-likeness (QED) is 0.567. The summed E-state index contributed by atoms with van der Waals surface area (Å²) in [5.74, 6) is -0.00856. The Kier molecular flexibility index (Phi) is 4.84. The minimum absolute atomic E-state index is 0.0369. The van der Waals surface area contributed by atoms with Gasteiger partial charge in [0.25, 0.3) is 5.91 Å². The van der Waals surface area contributed by atoms with E-state index in [-0.39, 0.29) is 22.5 Å². The number of hydrogen-bond acceptors (Lipinski definition) is 3. The van der Waals surface area contributed by atoms with Crippen molar-refractivity contribution >= 4 is 16.9 Å². The first-order chi connectivity index (χ1) is 14.1. The molecule has 4 heteroatoms. The van der Waals surface area contributed by atoms with Crippen molar-refractivity contribution in [1.82, 2.24) is 4.90 Å². The fraction of sp³-hybridized carbons (Fsp3) is 0.385. The van der Waals surface area contributed by atoms with Gasteiger partial charge in [0.1, 0.15) is 5.58 Å². The van der Waals surface area contributed by atoms with Crippen LogP contribution in [0.3, 0.4) is 0 Å². The summed E-state index contributed by atoms with van der Waals surface area (Å²) >= 11 is 0. The first kappa shape index (κ1) is 20.4. The lowest BCUT2D eigenvalue weighted by Crippen LogP contribution is -2.30. The third-order valence-corrected chi connectivity index (χ3v) is 5.97. The fourth-order valence-electron chi connectivity index (χ4n) is 4.50. The van der Waals surface area contributed by atoms with Crippen LogP contribution >= 0.6 is 0 Å². The van der Waals surface area contributed by atoms with Crippen molar-refractivity contribution in [3.63, 3.8) is 0 Å². The van der Waals surface area contributed by atoms with Gasteiger partial charge in [0.2, 0.25) is 5.76 Å². The summed E-state index contributed by atoms with van der Waals surface area (Å²) in [6, 6.07) is 11.7. The predicted molar refractivity (Wildman–Crippen MR) is 120 cm³/mol. The molecule has 0 aliphatic carbocycles. The maximum atomic E-state index is 13.6. The van der Waals surface area contributed by atoms with E-state index in [0.29, 0.717) is 23.1 Å². The summed E-state index contributed by atoms with van der Waals surface area (Å²) in [4.78, 5) is 28.7.